The maximum atomic E-state index is 11.5. The predicted molar refractivity (Wildman–Crippen MR) is 88.0 cm³/mol. The molecule has 5 nitrogen and oxygen atoms in total. The van der Waals surface area contributed by atoms with Gasteiger partial charge in [0.25, 0.3) is 0 Å². The molecule has 0 unspecified atom stereocenters. The Bertz CT molecular complexity index is 560. The number of hydrogen-bond donors (Lipinski definition) is 2. The second kappa shape index (κ2) is 6.49. The molecule has 126 valence electrons. The summed E-state index contributed by atoms with van der Waals surface area (Å²) in [6.07, 6.45) is 4.77. The van der Waals surface area contributed by atoms with E-state index in [1.165, 1.54) is 0 Å². The lowest BCUT2D eigenvalue weighted by Gasteiger charge is -2.52. The van der Waals surface area contributed by atoms with Crippen LogP contribution in [0.25, 0.3) is 0 Å². The standard InChI is InChI=1S/C18H26N2O3/c1-23-14-7-5-13(6-8-14)17-15-4-2-3-9-18(15,22)10-11-20(17)12-16(19)21/h5-8,15,17,22H,2-4,9-12H2,1H3,(H2,19,21)/t15-,17+,18-/m1/s1. The van der Waals surface area contributed by atoms with Crippen molar-refractivity contribution in [3.8, 4) is 5.75 Å². The van der Waals surface area contributed by atoms with E-state index in [0.717, 1.165) is 43.4 Å². The first kappa shape index (κ1) is 16.3. The number of primary amides is 1. The molecular weight excluding hydrogens is 292 g/mol. The van der Waals surface area contributed by atoms with Crippen molar-refractivity contribution < 1.29 is 14.6 Å². The first-order chi connectivity index (χ1) is 11.0. The molecule has 0 bridgehead atoms. The SMILES string of the molecule is COc1ccc([C@H]2[C@H]3CCCC[C@@]3(O)CCN2CC(N)=O)cc1. The van der Waals surface area contributed by atoms with Crippen LogP contribution < -0.4 is 10.5 Å². The van der Waals surface area contributed by atoms with Crippen LogP contribution in [0.2, 0.25) is 0 Å². The van der Waals surface area contributed by atoms with Gasteiger partial charge in [-0.05, 0) is 37.0 Å². The Morgan fingerprint density at radius 3 is 2.74 bits per heavy atom. The number of fused-ring (bicyclic) bond motifs is 1. The van der Waals surface area contributed by atoms with Crippen LogP contribution in [0.15, 0.2) is 24.3 Å². The number of methoxy groups -OCH3 is 1. The second-order valence-corrected chi connectivity index (χ2v) is 6.86. The van der Waals surface area contributed by atoms with Gasteiger partial charge < -0.3 is 15.6 Å². The molecule has 0 radical (unpaired) electrons. The van der Waals surface area contributed by atoms with Gasteiger partial charge in [0.15, 0.2) is 0 Å². The lowest BCUT2D eigenvalue weighted by Crippen LogP contribution is -2.56. The third kappa shape index (κ3) is 3.21. The van der Waals surface area contributed by atoms with E-state index in [9.17, 15) is 9.90 Å². The summed E-state index contributed by atoms with van der Waals surface area (Å²) in [7, 11) is 1.65. The Hall–Kier alpha value is -1.59. The van der Waals surface area contributed by atoms with Crippen LogP contribution in [0.1, 0.15) is 43.7 Å². The number of benzene rings is 1. The summed E-state index contributed by atoms with van der Waals surface area (Å²) in [4.78, 5) is 13.6. The van der Waals surface area contributed by atoms with E-state index in [-0.39, 0.29) is 24.4 Å². The maximum Gasteiger partial charge on any atom is 0.231 e. The summed E-state index contributed by atoms with van der Waals surface area (Å²) in [5.41, 5.74) is 5.96. The third-order valence-corrected chi connectivity index (χ3v) is 5.49. The van der Waals surface area contributed by atoms with Crippen molar-refractivity contribution >= 4 is 5.91 Å². The van der Waals surface area contributed by atoms with E-state index in [4.69, 9.17) is 10.5 Å². The summed E-state index contributed by atoms with van der Waals surface area (Å²) in [5.74, 6) is 0.646. The van der Waals surface area contributed by atoms with Crippen molar-refractivity contribution in [1.82, 2.24) is 4.90 Å². The van der Waals surface area contributed by atoms with Gasteiger partial charge in [0.2, 0.25) is 5.91 Å². The minimum atomic E-state index is -0.614. The molecule has 23 heavy (non-hydrogen) atoms. The minimum absolute atomic E-state index is 0.0347. The maximum absolute atomic E-state index is 11.5. The minimum Gasteiger partial charge on any atom is -0.497 e. The number of rotatable bonds is 4. The summed E-state index contributed by atoms with van der Waals surface area (Å²) >= 11 is 0. The van der Waals surface area contributed by atoms with Gasteiger partial charge in [-0.1, -0.05) is 25.0 Å². The quantitative estimate of drug-likeness (QED) is 0.888. The van der Waals surface area contributed by atoms with E-state index in [1.54, 1.807) is 7.11 Å². The first-order valence-electron chi connectivity index (χ1n) is 8.42. The highest BCUT2D eigenvalue weighted by Gasteiger charge is 2.49. The van der Waals surface area contributed by atoms with Gasteiger partial charge in [0.05, 0.1) is 19.3 Å². The van der Waals surface area contributed by atoms with Crippen molar-refractivity contribution in [3.05, 3.63) is 29.8 Å². The normalized spacial score (nSPS) is 31.4. The average Bonchev–Trinajstić information content (AvgIpc) is 2.54. The zero-order chi connectivity index (χ0) is 16.4. The highest BCUT2D eigenvalue weighted by molar-refractivity contribution is 5.76. The lowest BCUT2D eigenvalue weighted by atomic mass is 9.66. The molecular formula is C18H26N2O3. The zero-order valence-electron chi connectivity index (χ0n) is 13.7. The molecule has 1 saturated carbocycles. The number of likely N-dealkylation sites (tertiary alicyclic amines) is 1. The number of hydrogen-bond acceptors (Lipinski definition) is 4. The van der Waals surface area contributed by atoms with Gasteiger partial charge in [0, 0.05) is 18.5 Å². The fourth-order valence-corrected chi connectivity index (χ4v) is 4.36. The Kier molecular flexibility index (Phi) is 4.60. The molecule has 2 aliphatic rings. The highest BCUT2D eigenvalue weighted by atomic mass is 16.5. The molecule has 1 aliphatic heterocycles. The zero-order valence-corrected chi connectivity index (χ0v) is 13.7. The number of carbonyl (C=O) groups excluding carboxylic acids is 1. The molecule has 3 rings (SSSR count). The Morgan fingerprint density at radius 1 is 1.35 bits per heavy atom. The summed E-state index contributed by atoms with van der Waals surface area (Å²) in [5, 5.41) is 11.1. The van der Waals surface area contributed by atoms with Crippen molar-refractivity contribution in [2.75, 3.05) is 20.2 Å². The smallest absolute Gasteiger partial charge is 0.231 e. The van der Waals surface area contributed by atoms with Crippen molar-refractivity contribution in [2.24, 2.45) is 11.7 Å². The molecule has 0 aromatic heterocycles. The van der Waals surface area contributed by atoms with Crippen LogP contribution in [0, 0.1) is 5.92 Å². The van der Waals surface area contributed by atoms with E-state index in [1.807, 2.05) is 24.3 Å². The molecule has 3 N–H and O–H groups in total. The van der Waals surface area contributed by atoms with Crippen LogP contribution in [0.4, 0.5) is 0 Å². The summed E-state index contributed by atoms with van der Waals surface area (Å²) in [6, 6.07) is 7.99. The molecule has 5 heteroatoms. The fraction of sp³-hybridized carbons (Fsp3) is 0.611. The van der Waals surface area contributed by atoms with Gasteiger partial charge >= 0.3 is 0 Å². The number of aliphatic hydroxyl groups is 1. The van der Waals surface area contributed by atoms with Crippen LogP contribution in [-0.4, -0.2) is 41.7 Å². The van der Waals surface area contributed by atoms with Crippen molar-refractivity contribution in [3.63, 3.8) is 0 Å². The number of nitrogens with two attached hydrogens (primary N) is 1. The number of nitrogens with zero attached hydrogens (tertiary/aromatic N) is 1. The number of ether oxygens (including phenoxy) is 1. The lowest BCUT2D eigenvalue weighted by molar-refractivity contribution is -0.136. The topological polar surface area (TPSA) is 75.8 Å². The predicted octanol–water partition coefficient (Wildman–Crippen LogP) is 1.85. The molecule has 1 aliphatic carbocycles. The Morgan fingerprint density at radius 2 is 2.09 bits per heavy atom. The van der Waals surface area contributed by atoms with Gasteiger partial charge in [-0.2, -0.15) is 0 Å². The summed E-state index contributed by atoms with van der Waals surface area (Å²) in [6.45, 7) is 0.940. The molecule has 1 aromatic carbocycles. The van der Waals surface area contributed by atoms with Gasteiger partial charge in [-0.15, -0.1) is 0 Å². The van der Waals surface area contributed by atoms with E-state index in [0.29, 0.717) is 6.54 Å². The Labute approximate surface area is 137 Å². The van der Waals surface area contributed by atoms with Crippen LogP contribution in [-0.2, 0) is 4.79 Å². The van der Waals surface area contributed by atoms with Crippen molar-refractivity contribution in [2.45, 2.75) is 43.7 Å². The fourth-order valence-electron chi connectivity index (χ4n) is 4.36. The molecule has 1 heterocycles. The van der Waals surface area contributed by atoms with Gasteiger partial charge in [-0.25, -0.2) is 0 Å². The molecule has 2 fully saturated rings. The number of amides is 1. The molecule has 1 amide bonds. The number of piperidine rings is 1. The molecule has 3 atom stereocenters. The van der Waals surface area contributed by atoms with Crippen LogP contribution in [0.3, 0.4) is 0 Å². The molecule has 1 aromatic rings. The molecule has 0 spiro atoms. The second-order valence-electron chi connectivity index (χ2n) is 6.86. The third-order valence-electron chi connectivity index (χ3n) is 5.49. The summed E-state index contributed by atoms with van der Waals surface area (Å²) < 4.78 is 5.24. The molecule has 1 saturated heterocycles. The largest absolute Gasteiger partial charge is 0.497 e. The van der Waals surface area contributed by atoms with Crippen LogP contribution in [0.5, 0.6) is 5.75 Å². The number of carbonyl (C=O) groups is 1. The Balaban J connectivity index is 1.94. The van der Waals surface area contributed by atoms with Crippen LogP contribution >= 0.6 is 0 Å². The van der Waals surface area contributed by atoms with Gasteiger partial charge in [0.1, 0.15) is 5.75 Å². The van der Waals surface area contributed by atoms with E-state index in [2.05, 4.69) is 4.90 Å². The van der Waals surface area contributed by atoms with Crippen molar-refractivity contribution in [1.29, 1.82) is 0 Å². The highest BCUT2D eigenvalue weighted by Crippen LogP contribution is 2.49. The van der Waals surface area contributed by atoms with E-state index < -0.39 is 5.60 Å². The monoisotopic (exact) mass is 318 g/mol. The van der Waals surface area contributed by atoms with Gasteiger partial charge in [-0.3, -0.25) is 9.69 Å². The first-order valence-corrected chi connectivity index (χ1v) is 8.42. The van der Waals surface area contributed by atoms with E-state index >= 15 is 0 Å². The average molecular weight is 318 g/mol.